The molecular formula is C23H28O6. The van der Waals surface area contributed by atoms with Crippen LogP contribution in [-0.4, -0.2) is 58.6 Å². The first-order chi connectivity index (χ1) is 14.1. The normalized spacial score (nSPS) is 29.5. The summed E-state index contributed by atoms with van der Waals surface area (Å²) in [6, 6.07) is 18.9. The van der Waals surface area contributed by atoms with E-state index in [1.54, 1.807) is 0 Å². The van der Waals surface area contributed by atoms with Crippen molar-refractivity contribution < 1.29 is 29.5 Å². The average Bonchev–Trinajstić information content (AvgIpc) is 2.76. The fraction of sp³-hybridized carbons (Fsp3) is 0.391. The summed E-state index contributed by atoms with van der Waals surface area (Å²) in [7, 11) is 0. The van der Waals surface area contributed by atoms with Gasteiger partial charge in [-0.15, -0.1) is 6.58 Å². The van der Waals surface area contributed by atoms with E-state index >= 15 is 0 Å². The first-order valence-electron chi connectivity index (χ1n) is 9.69. The molecule has 1 aliphatic rings. The van der Waals surface area contributed by atoms with Gasteiger partial charge in [-0.3, -0.25) is 0 Å². The van der Waals surface area contributed by atoms with Gasteiger partial charge in [0.1, 0.15) is 36.6 Å². The van der Waals surface area contributed by atoms with Gasteiger partial charge in [-0.05, 0) is 11.1 Å². The molecule has 0 saturated heterocycles. The van der Waals surface area contributed by atoms with E-state index in [1.165, 1.54) is 6.08 Å². The Labute approximate surface area is 171 Å². The van der Waals surface area contributed by atoms with Gasteiger partial charge in [-0.1, -0.05) is 66.7 Å². The molecule has 29 heavy (non-hydrogen) atoms. The van der Waals surface area contributed by atoms with Crippen LogP contribution >= 0.6 is 0 Å². The summed E-state index contributed by atoms with van der Waals surface area (Å²) in [5, 5.41) is 32.1. The number of rotatable bonds is 9. The highest BCUT2D eigenvalue weighted by atomic mass is 16.6. The molecule has 3 rings (SSSR count). The lowest BCUT2D eigenvalue weighted by Gasteiger charge is -2.45. The van der Waals surface area contributed by atoms with Gasteiger partial charge in [0.05, 0.1) is 19.8 Å². The first kappa shape index (κ1) is 21.6. The standard InChI is InChI=1S/C23H28O6/c1-2-13-27-22-19(25)18(24)21(28-14-16-9-5-3-6-10-16)20(26)23(22)29-15-17-11-7-4-8-12-17/h2-12,18-26H,1,13-15H2/t18-,19-,20-,21-,22+,23+/m1/s1. The molecule has 6 atom stereocenters. The monoisotopic (exact) mass is 400 g/mol. The van der Waals surface area contributed by atoms with Gasteiger partial charge in [-0.25, -0.2) is 0 Å². The predicted molar refractivity (Wildman–Crippen MR) is 108 cm³/mol. The minimum Gasteiger partial charge on any atom is -0.387 e. The Bertz CT molecular complexity index is 738. The molecule has 1 fully saturated rings. The van der Waals surface area contributed by atoms with Crippen molar-refractivity contribution in [2.45, 2.75) is 49.8 Å². The van der Waals surface area contributed by atoms with Crippen molar-refractivity contribution in [1.82, 2.24) is 0 Å². The Hall–Kier alpha value is -2.06. The second-order valence-corrected chi connectivity index (χ2v) is 7.08. The van der Waals surface area contributed by atoms with Gasteiger partial charge in [0.25, 0.3) is 0 Å². The largest absolute Gasteiger partial charge is 0.387 e. The first-order valence-corrected chi connectivity index (χ1v) is 9.69. The lowest BCUT2D eigenvalue weighted by molar-refractivity contribution is -0.258. The summed E-state index contributed by atoms with van der Waals surface area (Å²) in [6.45, 7) is 4.18. The Morgan fingerprint density at radius 3 is 1.62 bits per heavy atom. The summed E-state index contributed by atoms with van der Waals surface area (Å²) in [4.78, 5) is 0. The Morgan fingerprint density at radius 2 is 1.10 bits per heavy atom. The van der Waals surface area contributed by atoms with Gasteiger partial charge in [-0.2, -0.15) is 0 Å². The molecule has 6 heteroatoms. The zero-order valence-electron chi connectivity index (χ0n) is 16.2. The van der Waals surface area contributed by atoms with Crippen molar-refractivity contribution in [2.24, 2.45) is 0 Å². The van der Waals surface area contributed by atoms with Crippen LogP contribution < -0.4 is 0 Å². The van der Waals surface area contributed by atoms with Gasteiger partial charge >= 0.3 is 0 Å². The Balaban J connectivity index is 1.73. The molecule has 1 saturated carbocycles. The van der Waals surface area contributed by atoms with Gasteiger partial charge in [0.15, 0.2) is 0 Å². The third-order valence-electron chi connectivity index (χ3n) is 5.00. The van der Waals surface area contributed by atoms with E-state index in [4.69, 9.17) is 14.2 Å². The molecule has 6 nitrogen and oxygen atoms in total. The molecule has 0 aliphatic heterocycles. The fourth-order valence-electron chi connectivity index (χ4n) is 3.46. The molecule has 1 aliphatic carbocycles. The fourth-order valence-corrected chi connectivity index (χ4v) is 3.46. The van der Waals surface area contributed by atoms with Gasteiger partial charge < -0.3 is 29.5 Å². The molecule has 0 radical (unpaired) electrons. The van der Waals surface area contributed by atoms with E-state index < -0.39 is 36.6 Å². The molecule has 0 amide bonds. The van der Waals surface area contributed by atoms with Crippen molar-refractivity contribution >= 4 is 0 Å². The highest BCUT2D eigenvalue weighted by Crippen LogP contribution is 2.29. The molecule has 156 valence electrons. The van der Waals surface area contributed by atoms with Crippen LogP contribution in [0.3, 0.4) is 0 Å². The van der Waals surface area contributed by atoms with Crippen LogP contribution in [0.15, 0.2) is 73.3 Å². The van der Waals surface area contributed by atoms with Crippen LogP contribution in [0.4, 0.5) is 0 Å². The third kappa shape index (κ3) is 5.51. The van der Waals surface area contributed by atoms with Crippen LogP contribution in [0.1, 0.15) is 11.1 Å². The van der Waals surface area contributed by atoms with Crippen LogP contribution in [0.5, 0.6) is 0 Å². The van der Waals surface area contributed by atoms with E-state index in [0.717, 1.165) is 11.1 Å². The number of hydrogen-bond donors (Lipinski definition) is 3. The topological polar surface area (TPSA) is 88.4 Å². The lowest BCUT2D eigenvalue weighted by Crippen LogP contribution is -2.65. The van der Waals surface area contributed by atoms with Crippen LogP contribution in [0.25, 0.3) is 0 Å². The Morgan fingerprint density at radius 1 is 0.655 bits per heavy atom. The van der Waals surface area contributed by atoms with Crippen molar-refractivity contribution in [3.05, 3.63) is 84.4 Å². The second kappa shape index (κ2) is 10.6. The lowest BCUT2D eigenvalue weighted by atomic mass is 9.84. The Kier molecular flexibility index (Phi) is 7.94. The molecule has 3 N–H and O–H groups in total. The van der Waals surface area contributed by atoms with E-state index in [-0.39, 0.29) is 19.8 Å². The zero-order valence-corrected chi connectivity index (χ0v) is 16.2. The number of ether oxygens (including phenoxy) is 3. The number of benzene rings is 2. The minimum atomic E-state index is -1.32. The molecule has 0 aromatic heterocycles. The van der Waals surface area contributed by atoms with Crippen LogP contribution in [0, 0.1) is 0 Å². The van der Waals surface area contributed by atoms with E-state index in [2.05, 4.69) is 6.58 Å². The minimum absolute atomic E-state index is 0.155. The predicted octanol–water partition coefficient (Wildman–Crippen LogP) is 1.82. The number of aliphatic hydroxyl groups excluding tert-OH is 3. The van der Waals surface area contributed by atoms with E-state index in [0.29, 0.717) is 0 Å². The SMILES string of the molecule is C=CCO[C@H]1[C@H](O)[C@@H](O)[C@@H](OCc2ccccc2)[C@@H](O)[C@@H]1OCc1ccccc1. The zero-order chi connectivity index (χ0) is 20.6. The number of hydrogen-bond acceptors (Lipinski definition) is 6. The van der Waals surface area contributed by atoms with Crippen molar-refractivity contribution in [3.63, 3.8) is 0 Å². The summed E-state index contributed by atoms with van der Waals surface area (Å²) in [6.07, 6.45) is -5.06. The van der Waals surface area contributed by atoms with Crippen molar-refractivity contribution in [3.8, 4) is 0 Å². The molecule has 0 heterocycles. The summed E-state index contributed by atoms with van der Waals surface area (Å²) in [5.74, 6) is 0. The van der Waals surface area contributed by atoms with Crippen LogP contribution in [0.2, 0.25) is 0 Å². The molecule has 0 bridgehead atoms. The molecule has 0 spiro atoms. The highest BCUT2D eigenvalue weighted by molar-refractivity contribution is 5.15. The van der Waals surface area contributed by atoms with Gasteiger partial charge in [0, 0.05) is 0 Å². The van der Waals surface area contributed by atoms with Crippen LogP contribution in [-0.2, 0) is 27.4 Å². The molecule has 2 aromatic rings. The average molecular weight is 400 g/mol. The van der Waals surface area contributed by atoms with Crippen molar-refractivity contribution in [1.29, 1.82) is 0 Å². The smallest absolute Gasteiger partial charge is 0.115 e. The summed E-state index contributed by atoms with van der Waals surface area (Å²) < 4.78 is 17.3. The second-order valence-electron chi connectivity index (χ2n) is 7.08. The van der Waals surface area contributed by atoms with Gasteiger partial charge in [0.2, 0.25) is 0 Å². The maximum absolute atomic E-state index is 10.9. The quantitative estimate of drug-likeness (QED) is 0.557. The highest BCUT2D eigenvalue weighted by Gasteiger charge is 2.51. The summed E-state index contributed by atoms with van der Waals surface area (Å²) >= 11 is 0. The maximum Gasteiger partial charge on any atom is 0.115 e. The van der Waals surface area contributed by atoms with E-state index in [1.807, 2.05) is 60.7 Å². The molecule has 2 aromatic carbocycles. The van der Waals surface area contributed by atoms with Crippen molar-refractivity contribution in [2.75, 3.05) is 6.61 Å². The molecule has 0 unspecified atom stereocenters. The van der Waals surface area contributed by atoms with E-state index in [9.17, 15) is 15.3 Å². The number of aliphatic hydroxyl groups is 3. The maximum atomic E-state index is 10.9. The summed E-state index contributed by atoms with van der Waals surface area (Å²) in [5.41, 5.74) is 1.82. The molecular weight excluding hydrogens is 372 g/mol. The third-order valence-corrected chi connectivity index (χ3v) is 5.00.